The van der Waals surface area contributed by atoms with Crippen LogP contribution in [0.25, 0.3) is 0 Å². The highest BCUT2D eigenvalue weighted by atomic mass is 32.2. The molecule has 37 heavy (non-hydrogen) atoms. The maximum absolute atomic E-state index is 13.5. The summed E-state index contributed by atoms with van der Waals surface area (Å²) < 4.78 is 75.3. The normalized spacial score (nSPS) is 18.0. The van der Waals surface area contributed by atoms with Gasteiger partial charge in [0.15, 0.2) is 0 Å². The average Bonchev–Trinajstić information content (AvgIpc) is 2.82. The summed E-state index contributed by atoms with van der Waals surface area (Å²) in [7, 11) is 3.07. The maximum atomic E-state index is 13.5. The Hall–Kier alpha value is -3.06. The lowest BCUT2D eigenvalue weighted by Gasteiger charge is -2.43. The highest BCUT2D eigenvalue weighted by molar-refractivity contribution is 7.98. The van der Waals surface area contributed by atoms with E-state index in [4.69, 9.17) is 14.6 Å². The van der Waals surface area contributed by atoms with Crippen molar-refractivity contribution in [3.05, 3.63) is 53.1 Å². The number of benzene rings is 2. The Bertz CT molecular complexity index is 1060. The molecule has 0 spiro atoms. The van der Waals surface area contributed by atoms with Crippen molar-refractivity contribution in [3.63, 3.8) is 0 Å². The monoisotopic (exact) mass is 550 g/mol. The number of amides is 1. The molecule has 2 aromatic carbocycles. The van der Waals surface area contributed by atoms with Crippen LogP contribution in [-0.4, -0.2) is 62.5 Å². The van der Waals surface area contributed by atoms with Gasteiger partial charge in [-0.3, -0.25) is 9.59 Å². The second kappa shape index (κ2) is 13.0. The molecule has 0 aromatic heterocycles. The average molecular weight is 551 g/mol. The second-order valence-electron chi connectivity index (χ2n) is 8.14. The van der Waals surface area contributed by atoms with E-state index in [9.17, 15) is 26.7 Å². The standard InChI is InChI=1S/C23H25F5N2O3S.CH2O2/c1-30-9-5-8-22(13-30,14-6-4-7-16(10-14)33-21(24)25)29-20(31)19-17(32-2)11-15(23(26,27)28)12-18(19)34-3;2-1-3/h4,6-7,10-12,21H,5,8-9,13H2,1-3H3,(H,29,31);1H,(H,2,3). The zero-order chi connectivity index (χ0) is 27.8. The number of halogens is 5. The molecule has 1 fully saturated rings. The third kappa shape index (κ3) is 7.71. The minimum atomic E-state index is -4.61. The van der Waals surface area contributed by atoms with Gasteiger partial charge >= 0.3 is 12.8 Å². The van der Waals surface area contributed by atoms with Gasteiger partial charge in [0.2, 0.25) is 0 Å². The molecule has 0 bridgehead atoms. The Morgan fingerprint density at radius 2 is 1.95 bits per heavy atom. The van der Waals surface area contributed by atoms with Crippen LogP contribution in [0.2, 0.25) is 0 Å². The van der Waals surface area contributed by atoms with Crippen LogP contribution in [0.1, 0.15) is 34.3 Å². The fourth-order valence-corrected chi connectivity index (χ4v) is 4.87. The van der Waals surface area contributed by atoms with Gasteiger partial charge in [0, 0.05) is 11.4 Å². The Labute approximate surface area is 214 Å². The summed E-state index contributed by atoms with van der Waals surface area (Å²) in [5.41, 5.74) is -1.36. The number of nitrogens with one attached hydrogen (secondary N) is 1. The predicted octanol–water partition coefficient (Wildman–Crippen LogP) is 5.09. The first-order valence-electron chi connectivity index (χ1n) is 10.9. The van der Waals surface area contributed by atoms with Gasteiger partial charge in [-0.25, -0.2) is 0 Å². The van der Waals surface area contributed by atoms with E-state index in [1.54, 1.807) is 18.4 Å². The molecule has 1 aliphatic rings. The molecular weight excluding hydrogens is 523 g/mol. The lowest BCUT2D eigenvalue weighted by atomic mass is 9.81. The molecule has 0 aliphatic carbocycles. The Kier molecular flexibility index (Phi) is 10.6. The molecule has 2 N–H and O–H groups in total. The van der Waals surface area contributed by atoms with Crippen LogP contribution in [0.5, 0.6) is 11.5 Å². The van der Waals surface area contributed by atoms with E-state index in [0.29, 0.717) is 24.9 Å². The van der Waals surface area contributed by atoms with E-state index in [-0.39, 0.29) is 28.4 Å². The fourth-order valence-electron chi connectivity index (χ4n) is 4.23. The van der Waals surface area contributed by atoms with E-state index in [0.717, 1.165) is 30.4 Å². The van der Waals surface area contributed by atoms with Gasteiger partial charge in [-0.2, -0.15) is 22.0 Å². The van der Waals surface area contributed by atoms with E-state index >= 15 is 0 Å². The molecule has 0 saturated carbocycles. The summed E-state index contributed by atoms with van der Waals surface area (Å²) in [5.74, 6) is -0.873. The number of hydrogen-bond donors (Lipinski definition) is 2. The topological polar surface area (TPSA) is 88.1 Å². The number of carbonyl (C=O) groups excluding carboxylic acids is 1. The fraction of sp³-hybridized carbons (Fsp3) is 0.417. The molecule has 1 unspecified atom stereocenters. The van der Waals surface area contributed by atoms with Gasteiger partial charge in [-0.15, -0.1) is 11.8 Å². The summed E-state index contributed by atoms with van der Waals surface area (Å²) in [6, 6.07) is 7.82. The first-order valence-corrected chi connectivity index (χ1v) is 12.1. The number of carbonyl (C=O) groups is 2. The Balaban J connectivity index is 0.00000153. The molecule has 1 aliphatic heterocycles. The number of alkyl halides is 5. The number of carboxylic acid groups (broad SMARTS) is 1. The molecule has 1 heterocycles. The Morgan fingerprint density at radius 3 is 2.49 bits per heavy atom. The number of piperidine rings is 1. The summed E-state index contributed by atoms with van der Waals surface area (Å²) >= 11 is 0.996. The summed E-state index contributed by atoms with van der Waals surface area (Å²) in [6.45, 7) is -2.12. The van der Waals surface area contributed by atoms with Gasteiger partial charge in [-0.05, 0) is 62.5 Å². The van der Waals surface area contributed by atoms with Crippen LogP contribution in [0.15, 0.2) is 41.3 Å². The minimum Gasteiger partial charge on any atom is -0.496 e. The van der Waals surface area contributed by atoms with Crippen LogP contribution in [0.4, 0.5) is 22.0 Å². The van der Waals surface area contributed by atoms with E-state index in [1.165, 1.54) is 19.2 Å². The number of methoxy groups -OCH3 is 1. The number of likely N-dealkylation sites (tertiary alicyclic amines) is 1. The molecule has 13 heteroatoms. The lowest BCUT2D eigenvalue weighted by Crippen LogP contribution is -2.55. The van der Waals surface area contributed by atoms with Crippen LogP contribution in [0.3, 0.4) is 0 Å². The van der Waals surface area contributed by atoms with E-state index < -0.39 is 29.8 Å². The quantitative estimate of drug-likeness (QED) is 0.282. The maximum Gasteiger partial charge on any atom is 0.416 e. The number of rotatable bonds is 7. The smallest absolute Gasteiger partial charge is 0.416 e. The number of ether oxygens (including phenoxy) is 2. The molecule has 7 nitrogen and oxygen atoms in total. The van der Waals surface area contributed by atoms with Crippen LogP contribution >= 0.6 is 11.8 Å². The zero-order valence-corrected chi connectivity index (χ0v) is 21.1. The first-order chi connectivity index (χ1) is 17.4. The van der Waals surface area contributed by atoms with Crippen LogP contribution in [0, 0.1) is 0 Å². The molecule has 1 amide bonds. The Morgan fingerprint density at radius 1 is 1.27 bits per heavy atom. The molecule has 0 radical (unpaired) electrons. The number of nitrogens with zero attached hydrogens (tertiary/aromatic N) is 1. The van der Waals surface area contributed by atoms with Crippen LogP contribution < -0.4 is 14.8 Å². The summed E-state index contributed by atoms with van der Waals surface area (Å²) in [4.78, 5) is 24.0. The van der Waals surface area contributed by atoms with Crippen molar-refractivity contribution < 1.29 is 46.1 Å². The summed E-state index contributed by atoms with van der Waals surface area (Å²) in [5, 5.41) is 9.87. The second-order valence-corrected chi connectivity index (χ2v) is 8.99. The van der Waals surface area contributed by atoms with Crippen LogP contribution in [-0.2, 0) is 16.5 Å². The van der Waals surface area contributed by atoms with Gasteiger partial charge in [0.05, 0.1) is 23.8 Å². The molecule has 2 aromatic rings. The van der Waals surface area contributed by atoms with Gasteiger partial charge in [0.1, 0.15) is 11.5 Å². The van der Waals surface area contributed by atoms with Crippen molar-refractivity contribution in [1.29, 1.82) is 0 Å². The van der Waals surface area contributed by atoms with Gasteiger partial charge in [0.25, 0.3) is 12.4 Å². The summed E-state index contributed by atoms with van der Waals surface area (Å²) in [6.07, 6.45) is -1.83. The molecule has 3 rings (SSSR count). The minimum absolute atomic E-state index is 0.0180. The third-order valence-electron chi connectivity index (χ3n) is 5.71. The van der Waals surface area contributed by atoms with Crippen molar-refractivity contribution in [2.75, 3.05) is 33.5 Å². The highest BCUT2D eigenvalue weighted by Crippen LogP contribution is 2.39. The van der Waals surface area contributed by atoms with Crippen molar-refractivity contribution in [1.82, 2.24) is 10.2 Å². The number of thioether (sulfide) groups is 1. The zero-order valence-electron chi connectivity index (χ0n) is 20.3. The highest BCUT2D eigenvalue weighted by Gasteiger charge is 2.40. The largest absolute Gasteiger partial charge is 0.496 e. The first kappa shape index (κ1) is 30.2. The van der Waals surface area contributed by atoms with E-state index in [1.807, 2.05) is 11.9 Å². The number of hydrogen-bond acceptors (Lipinski definition) is 6. The molecule has 204 valence electrons. The number of likely N-dealkylation sites (N-methyl/N-ethyl adjacent to an activating group) is 1. The van der Waals surface area contributed by atoms with Crippen molar-refractivity contribution in [3.8, 4) is 11.5 Å². The van der Waals surface area contributed by atoms with Gasteiger partial charge in [-0.1, -0.05) is 12.1 Å². The van der Waals surface area contributed by atoms with Crippen molar-refractivity contribution in [2.45, 2.75) is 36.1 Å². The molecule has 1 atom stereocenters. The van der Waals surface area contributed by atoms with Crippen molar-refractivity contribution in [2.24, 2.45) is 0 Å². The lowest BCUT2D eigenvalue weighted by molar-refractivity contribution is -0.137. The van der Waals surface area contributed by atoms with Gasteiger partial charge < -0.3 is 24.8 Å². The predicted molar refractivity (Wildman–Crippen MR) is 127 cm³/mol. The van der Waals surface area contributed by atoms with E-state index in [2.05, 4.69) is 10.1 Å². The van der Waals surface area contributed by atoms with Crippen molar-refractivity contribution >= 4 is 24.1 Å². The third-order valence-corrected chi connectivity index (χ3v) is 6.47. The SMILES string of the molecule is COc1cc(C(F)(F)F)cc(SC)c1C(=O)NC1(c2cccc(OC(F)F)c2)CCCN(C)C1.O=CO. The molecule has 1 saturated heterocycles. The molecular formula is C24H27F5N2O5S.